The third-order valence-electron chi connectivity index (χ3n) is 3.21. The van der Waals surface area contributed by atoms with Crippen molar-refractivity contribution in [3.8, 4) is 0 Å². The summed E-state index contributed by atoms with van der Waals surface area (Å²) in [5, 5.41) is 4.14. The maximum absolute atomic E-state index is 11.6. The van der Waals surface area contributed by atoms with E-state index in [1.54, 1.807) is 0 Å². The molecule has 1 aromatic heterocycles. The Morgan fingerprint density at radius 1 is 1.24 bits per heavy atom. The standard InChI is InChI=1S/C17H24N2O2/c1-17(2,3)21-13-16(20)18-10-6-11-19-12-9-14-7-4-5-8-15(14)19/h4-5,7-9,12H,6,10-11,13H2,1-3H3,(H,18,20). The van der Waals surface area contributed by atoms with Gasteiger partial charge in [-0.25, -0.2) is 0 Å². The number of amides is 1. The van der Waals surface area contributed by atoms with Crippen molar-refractivity contribution in [2.45, 2.75) is 39.3 Å². The van der Waals surface area contributed by atoms with Crippen molar-refractivity contribution in [2.24, 2.45) is 0 Å². The molecule has 1 amide bonds. The summed E-state index contributed by atoms with van der Waals surface area (Å²) in [5.74, 6) is -0.0534. The summed E-state index contributed by atoms with van der Waals surface area (Å²) < 4.78 is 7.65. The van der Waals surface area contributed by atoms with Crippen LogP contribution in [0.2, 0.25) is 0 Å². The quantitative estimate of drug-likeness (QED) is 0.830. The summed E-state index contributed by atoms with van der Waals surface area (Å²) in [5.41, 5.74) is 0.960. The van der Waals surface area contributed by atoms with E-state index in [2.05, 4.69) is 34.3 Å². The fourth-order valence-electron chi connectivity index (χ4n) is 2.15. The van der Waals surface area contributed by atoms with Crippen molar-refractivity contribution < 1.29 is 9.53 Å². The Bertz CT molecular complexity index is 596. The molecule has 0 aliphatic rings. The molecule has 1 N–H and O–H groups in total. The highest BCUT2D eigenvalue weighted by molar-refractivity contribution is 5.80. The first-order chi connectivity index (χ1) is 9.96. The van der Waals surface area contributed by atoms with Crippen LogP contribution in [0.15, 0.2) is 36.5 Å². The summed E-state index contributed by atoms with van der Waals surface area (Å²) in [6, 6.07) is 10.4. The first kappa shape index (κ1) is 15.6. The molecule has 0 saturated carbocycles. The second-order valence-corrected chi connectivity index (χ2v) is 6.17. The van der Waals surface area contributed by atoms with Crippen LogP contribution in [-0.2, 0) is 16.1 Å². The van der Waals surface area contributed by atoms with Gasteiger partial charge in [-0.3, -0.25) is 4.79 Å². The Hall–Kier alpha value is -1.81. The molecule has 0 atom stereocenters. The van der Waals surface area contributed by atoms with Crippen molar-refractivity contribution >= 4 is 16.8 Å². The number of carbonyl (C=O) groups excluding carboxylic acids is 1. The molecule has 0 fully saturated rings. The number of aromatic nitrogens is 1. The predicted octanol–water partition coefficient (Wildman–Crippen LogP) is 2.96. The van der Waals surface area contributed by atoms with E-state index in [0.29, 0.717) is 6.54 Å². The SMILES string of the molecule is CC(C)(C)OCC(=O)NCCCn1ccc2ccccc21. The van der Waals surface area contributed by atoms with Crippen LogP contribution in [0.25, 0.3) is 10.9 Å². The second-order valence-electron chi connectivity index (χ2n) is 6.17. The molecule has 0 radical (unpaired) electrons. The van der Waals surface area contributed by atoms with Crippen molar-refractivity contribution in [1.29, 1.82) is 0 Å². The number of para-hydroxylation sites is 1. The molecule has 4 heteroatoms. The molecule has 2 aromatic rings. The van der Waals surface area contributed by atoms with Gasteiger partial charge in [-0.05, 0) is 44.7 Å². The molecular formula is C17H24N2O2. The van der Waals surface area contributed by atoms with Gasteiger partial charge in [-0.1, -0.05) is 18.2 Å². The number of hydrogen-bond donors (Lipinski definition) is 1. The lowest BCUT2D eigenvalue weighted by Crippen LogP contribution is -2.32. The highest BCUT2D eigenvalue weighted by Gasteiger charge is 2.12. The number of hydrogen-bond acceptors (Lipinski definition) is 2. The zero-order valence-corrected chi connectivity index (χ0v) is 13.1. The predicted molar refractivity (Wildman–Crippen MR) is 85.3 cm³/mol. The fourth-order valence-corrected chi connectivity index (χ4v) is 2.15. The molecule has 2 rings (SSSR count). The number of carbonyl (C=O) groups is 1. The molecule has 0 aliphatic heterocycles. The van der Waals surface area contributed by atoms with Gasteiger partial charge in [0, 0.05) is 24.8 Å². The van der Waals surface area contributed by atoms with E-state index in [1.165, 1.54) is 10.9 Å². The van der Waals surface area contributed by atoms with Crippen LogP contribution in [0.4, 0.5) is 0 Å². The molecule has 21 heavy (non-hydrogen) atoms. The molecule has 1 aromatic carbocycles. The molecule has 0 aliphatic carbocycles. The molecular weight excluding hydrogens is 264 g/mol. The third-order valence-corrected chi connectivity index (χ3v) is 3.21. The zero-order chi connectivity index (χ0) is 15.3. The molecule has 0 spiro atoms. The molecule has 0 bridgehead atoms. The summed E-state index contributed by atoms with van der Waals surface area (Å²) in [6.07, 6.45) is 3.00. The minimum atomic E-state index is -0.276. The monoisotopic (exact) mass is 288 g/mol. The van der Waals surface area contributed by atoms with E-state index in [9.17, 15) is 4.79 Å². The van der Waals surface area contributed by atoms with Gasteiger partial charge < -0.3 is 14.6 Å². The van der Waals surface area contributed by atoms with Gasteiger partial charge in [-0.2, -0.15) is 0 Å². The van der Waals surface area contributed by atoms with Crippen LogP contribution in [0.1, 0.15) is 27.2 Å². The van der Waals surface area contributed by atoms with Crippen molar-refractivity contribution in [3.63, 3.8) is 0 Å². The van der Waals surface area contributed by atoms with Gasteiger partial charge in [0.2, 0.25) is 5.91 Å². The van der Waals surface area contributed by atoms with Crippen LogP contribution >= 0.6 is 0 Å². The molecule has 114 valence electrons. The first-order valence-electron chi connectivity index (χ1n) is 7.40. The first-order valence-corrected chi connectivity index (χ1v) is 7.40. The number of nitrogens with zero attached hydrogens (tertiary/aromatic N) is 1. The average molecular weight is 288 g/mol. The molecule has 4 nitrogen and oxygen atoms in total. The minimum Gasteiger partial charge on any atom is -0.366 e. The zero-order valence-electron chi connectivity index (χ0n) is 13.1. The summed E-state index contributed by atoms with van der Waals surface area (Å²) in [7, 11) is 0. The molecule has 0 saturated heterocycles. The van der Waals surface area contributed by atoms with Gasteiger partial charge in [0.05, 0.1) is 5.60 Å². The van der Waals surface area contributed by atoms with E-state index in [0.717, 1.165) is 13.0 Å². The van der Waals surface area contributed by atoms with Gasteiger partial charge >= 0.3 is 0 Å². The van der Waals surface area contributed by atoms with E-state index < -0.39 is 0 Å². The van der Waals surface area contributed by atoms with Crippen LogP contribution in [0.3, 0.4) is 0 Å². The Morgan fingerprint density at radius 3 is 2.76 bits per heavy atom. The maximum atomic E-state index is 11.6. The van der Waals surface area contributed by atoms with Crippen molar-refractivity contribution in [2.75, 3.05) is 13.2 Å². The fraction of sp³-hybridized carbons (Fsp3) is 0.471. The largest absolute Gasteiger partial charge is 0.366 e. The van der Waals surface area contributed by atoms with Crippen molar-refractivity contribution in [1.82, 2.24) is 9.88 Å². The summed E-state index contributed by atoms with van der Waals surface area (Å²) in [4.78, 5) is 11.6. The summed E-state index contributed by atoms with van der Waals surface area (Å²) >= 11 is 0. The topological polar surface area (TPSA) is 43.3 Å². The highest BCUT2D eigenvalue weighted by atomic mass is 16.5. The number of aryl methyl sites for hydroxylation is 1. The van der Waals surface area contributed by atoms with Crippen LogP contribution in [0.5, 0.6) is 0 Å². The smallest absolute Gasteiger partial charge is 0.246 e. The van der Waals surface area contributed by atoms with Crippen LogP contribution in [0, 0.1) is 0 Å². The number of ether oxygens (including phenoxy) is 1. The Kier molecular flexibility index (Phi) is 5.02. The van der Waals surface area contributed by atoms with E-state index in [4.69, 9.17) is 4.74 Å². The van der Waals surface area contributed by atoms with Gasteiger partial charge in [0.15, 0.2) is 0 Å². The Morgan fingerprint density at radius 2 is 2.00 bits per heavy atom. The van der Waals surface area contributed by atoms with Crippen molar-refractivity contribution in [3.05, 3.63) is 36.5 Å². The second kappa shape index (κ2) is 6.76. The number of fused-ring (bicyclic) bond motifs is 1. The average Bonchev–Trinajstić information content (AvgIpc) is 2.84. The number of rotatable bonds is 6. The normalized spacial score (nSPS) is 11.8. The lowest BCUT2D eigenvalue weighted by Gasteiger charge is -2.19. The van der Waals surface area contributed by atoms with Crippen LogP contribution < -0.4 is 5.32 Å². The van der Waals surface area contributed by atoms with E-state index in [-0.39, 0.29) is 18.1 Å². The summed E-state index contributed by atoms with van der Waals surface area (Å²) in [6.45, 7) is 7.51. The van der Waals surface area contributed by atoms with Gasteiger partial charge in [0.1, 0.15) is 6.61 Å². The van der Waals surface area contributed by atoms with Crippen LogP contribution in [-0.4, -0.2) is 29.2 Å². The van der Waals surface area contributed by atoms with E-state index in [1.807, 2.05) is 32.9 Å². The lowest BCUT2D eigenvalue weighted by atomic mass is 10.2. The maximum Gasteiger partial charge on any atom is 0.246 e. The van der Waals surface area contributed by atoms with Gasteiger partial charge in [0.25, 0.3) is 0 Å². The number of nitrogens with one attached hydrogen (secondary N) is 1. The molecule has 1 heterocycles. The minimum absolute atomic E-state index is 0.0534. The molecule has 0 unspecified atom stereocenters. The third kappa shape index (κ3) is 4.90. The van der Waals surface area contributed by atoms with Gasteiger partial charge in [-0.15, -0.1) is 0 Å². The van der Waals surface area contributed by atoms with E-state index >= 15 is 0 Å². The Labute approximate surface area is 126 Å². The Balaban J connectivity index is 1.71. The highest BCUT2D eigenvalue weighted by Crippen LogP contribution is 2.15. The number of benzene rings is 1. The lowest BCUT2D eigenvalue weighted by molar-refractivity contribution is -0.130.